The van der Waals surface area contributed by atoms with Gasteiger partial charge in [0.2, 0.25) is 0 Å². The van der Waals surface area contributed by atoms with E-state index in [1.54, 1.807) is 18.2 Å². The van der Waals surface area contributed by atoms with Crippen molar-refractivity contribution >= 4 is 33.5 Å². The summed E-state index contributed by atoms with van der Waals surface area (Å²) in [6, 6.07) is 4.96. The molecule has 0 atom stereocenters. The smallest absolute Gasteiger partial charge is 0.305 e. The van der Waals surface area contributed by atoms with Crippen molar-refractivity contribution in [3.05, 3.63) is 28.2 Å². The van der Waals surface area contributed by atoms with Gasteiger partial charge in [-0.3, -0.25) is 9.59 Å². The summed E-state index contributed by atoms with van der Waals surface area (Å²) >= 11 is 3.28. The van der Waals surface area contributed by atoms with E-state index in [0.29, 0.717) is 24.1 Å². The first-order valence-corrected chi connectivity index (χ1v) is 7.30. The van der Waals surface area contributed by atoms with Crippen molar-refractivity contribution in [1.82, 2.24) is 5.32 Å². The van der Waals surface area contributed by atoms with Crippen LogP contribution in [0.1, 0.15) is 42.5 Å². The Hall–Kier alpha value is -1.56. The molecule has 0 heterocycles. The van der Waals surface area contributed by atoms with Gasteiger partial charge in [0.05, 0.1) is 12.0 Å². The van der Waals surface area contributed by atoms with E-state index >= 15 is 0 Å². The second kappa shape index (κ2) is 5.83. The summed E-state index contributed by atoms with van der Waals surface area (Å²) in [4.78, 5) is 23.3. The maximum atomic E-state index is 12.3. The second-order valence-electron chi connectivity index (χ2n) is 5.25. The Labute approximate surface area is 125 Å². The molecule has 1 aliphatic carbocycles. The minimum atomic E-state index is -0.887. The van der Waals surface area contributed by atoms with E-state index < -0.39 is 11.5 Å². The van der Waals surface area contributed by atoms with Crippen LogP contribution in [0, 0.1) is 0 Å². The maximum Gasteiger partial charge on any atom is 0.305 e. The van der Waals surface area contributed by atoms with Crippen molar-refractivity contribution in [2.75, 3.05) is 5.73 Å². The van der Waals surface area contributed by atoms with Crippen LogP contribution in [0.2, 0.25) is 0 Å². The lowest BCUT2D eigenvalue weighted by Gasteiger charge is -2.28. The molecule has 0 bridgehead atoms. The molecule has 1 aliphatic rings. The molecular formula is C14H17BrN2O3. The monoisotopic (exact) mass is 340 g/mol. The normalized spacial score (nSPS) is 16.9. The lowest BCUT2D eigenvalue weighted by atomic mass is 9.92. The number of amides is 1. The van der Waals surface area contributed by atoms with E-state index in [1.165, 1.54) is 0 Å². The third kappa shape index (κ3) is 3.30. The first-order valence-electron chi connectivity index (χ1n) is 6.51. The second-order valence-corrected chi connectivity index (χ2v) is 6.10. The van der Waals surface area contributed by atoms with Crippen LogP contribution in [0.5, 0.6) is 0 Å². The zero-order chi connectivity index (χ0) is 14.8. The van der Waals surface area contributed by atoms with Crippen LogP contribution >= 0.6 is 15.9 Å². The molecule has 0 spiro atoms. The van der Waals surface area contributed by atoms with Gasteiger partial charge in [-0.25, -0.2) is 0 Å². The van der Waals surface area contributed by atoms with Gasteiger partial charge in [0, 0.05) is 15.7 Å². The third-order valence-corrected chi connectivity index (χ3v) is 4.41. The summed E-state index contributed by atoms with van der Waals surface area (Å²) in [6.07, 6.45) is 3.25. The Kier molecular flexibility index (Phi) is 4.32. The topological polar surface area (TPSA) is 92.4 Å². The molecule has 1 saturated carbocycles. The van der Waals surface area contributed by atoms with Crippen molar-refractivity contribution < 1.29 is 14.7 Å². The number of benzene rings is 1. The number of anilines is 1. The minimum Gasteiger partial charge on any atom is -0.481 e. The standard InChI is InChI=1S/C14H17BrN2O3/c15-10-4-3-9(7-11(10)16)13(20)17-14(8-12(18)19)5-1-2-6-14/h3-4,7H,1-2,5-6,8,16H2,(H,17,20)(H,18,19). The summed E-state index contributed by atoms with van der Waals surface area (Å²) in [6.45, 7) is 0. The van der Waals surface area contributed by atoms with E-state index in [9.17, 15) is 9.59 Å². The van der Waals surface area contributed by atoms with Gasteiger partial charge in [0.1, 0.15) is 0 Å². The van der Waals surface area contributed by atoms with Crippen molar-refractivity contribution in [3.63, 3.8) is 0 Å². The SMILES string of the molecule is Nc1cc(C(=O)NC2(CC(=O)O)CCCC2)ccc1Br. The minimum absolute atomic E-state index is 0.0370. The van der Waals surface area contributed by atoms with Crippen LogP contribution in [0.4, 0.5) is 5.69 Å². The van der Waals surface area contributed by atoms with Crippen LogP contribution in [0.3, 0.4) is 0 Å². The maximum absolute atomic E-state index is 12.3. The fourth-order valence-electron chi connectivity index (χ4n) is 2.69. The predicted octanol–water partition coefficient (Wildman–Crippen LogP) is 2.55. The summed E-state index contributed by atoms with van der Waals surface area (Å²) in [5, 5.41) is 11.9. The molecule has 1 aromatic carbocycles. The third-order valence-electron chi connectivity index (χ3n) is 3.69. The molecular weight excluding hydrogens is 324 g/mol. The lowest BCUT2D eigenvalue weighted by molar-refractivity contribution is -0.138. The number of rotatable bonds is 4. The molecule has 2 rings (SSSR count). The van der Waals surface area contributed by atoms with Crippen molar-refractivity contribution in [3.8, 4) is 0 Å². The lowest BCUT2D eigenvalue weighted by Crippen LogP contribution is -2.47. The Bertz CT molecular complexity index is 539. The molecule has 4 N–H and O–H groups in total. The molecule has 5 nitrogen and oxygen atoms in total. The summed E-state index contributed by atoms with van der Waals surface area (Å²) in [5.74, 6) is -1.16. The number of carbonyl (C=O) groups excluding carboxylic acids is 1. The van der Waals surface area contributed by atoms with E-state index in [1.807, 2.05) is 0 Å². The van der Waals surface area contributed by atoms with Gasteiger partial charge in [0.15, 0.2) is 0 Å². The van der Waals surface area contributed by atoms with Gasteiger partial charge in [0.25, 0.3) is 5.91 Å². The number of hydrogen-bond donors (Lipinski definition) is 3. The van der Waals surface area contributed by atoms with E-state index in [0.717, 1.165) is 17.3 Å². The molecule has 1 aromatic rings. The Morgan fingerprint density at radius 2 is 2.00 bits per heavy atom. The highest BCUT2D eigenvalue weighted by atomic mass is 79.9. The summed E-state index contributed by atoms with van der Waals surface area (Å²) < 4.78 is 0.732. The predicted molar refractivity (Wildman–Crippen MR) is 79.5 cm³/mol. The van der Waals surface area contributed by atoms with Gasteiger partial charge in [-0.15, -0.1) is 0 Å². The Morgan fingerprint density at radius 3 is 2.55 bits per heavy atom. The fourth-order valence-corrected chi connectivity index (χ4v) is 2.93. The van der Waals surface area contributed by atoms with E-state index in [-0.39, 0.29) is 12.3 Å². The quantitative estimate of drug-likeness (QED) is 0.734. The number of halogens is 1. The molecule has 0 radical (unpaired) electrons. The largest absolute Gasteiger partial charge is 0.481 e. The number of carboxylic acid groups (broad SMARTS) is 1. The molecule has 0 unspecified atom stereocenters. The highest BCUT2D eigenvalue weighted by Crippen LogP contribution is 2.33. The van der Waals surface area contributed by atoms with Crippen molar-refractivity contribution in [2.45, 2.75) is 37.6 Å². The average Bonchev–Trinajstić information content (AvgIpc) is 2.79. The molecule has 1 amide bonds. The van der Waals surface area contributed by atoms with Crippen molar-refractivity contribution in [2.24, 2.45) is 0 Å². The Balaban J connectivity index is 2.16. The van der Waals surface area contributed by atoms with Crippen LogP contribution in [-0.2, 0) is 4.79 Å². The van der Waals surface area contributed by atoms with Crippen LogP contribution in [-0.4, -0.2) is 22.5 Å². The van der Waals surface area contributed by atoms with Gasteiger partial charge in [-0.1, -0.05) is 12.8 Å². The highest BCUT2D eigenvalue weighted by molar-refractivity contribution is 9.10. The number of aliphatic carboxylic acids is 1. The van der Waals surface area contributed by atoms with Crippen LogP contribution in [0.15, 0.2) is 22.7 Å². The first-order chi connectivity index (χ1) is 9.42. The number of hydrogen-bond acceptors (Lipinski definition) is 3. The summed E-state index contributed by atoms with van der Waals surface area (Å²) in [7, 11) is 0. The zero-order valence-electron chi connectivity index (χ0n) is 11.0. The van der Waals surface area contributed by atoms with Gasteiger partial charge >= 0.3 is 5.97 Å². The van der Waals surface area contributed by atoms with E-state index in [4.69, 9.17) is 10.8 Å². The number of nitrogens with two attached hydrogens (primary N) is 1. The van der Waals surface area contributed by atoms with Crippen LogP contribution < -0.4 is 11.1 Å². The molecule has 108 valence electrons. The molecule has 0 saturated heterocycles. The zero-order valence-corrected chi connectivity index (χ0v) is 12.6. The van der Waals surface area contributed by atoms with Crippen LogP contribution in [0.25, 0.3) is 0 Å². The highest BCUT2D eigenvalue weighted by Gasteiger charge is 2.37. The number of nitrogen functional groups attached to an aromatic ring is 1. The van der Waals surface area contributed by atoms with E-state index in [2.05, 4.69) is 21.2 Å². The number of nitrogens with one attached hydrogen (secondary N) is 1. The molecule has 20 heavy (non-hydrogen) atoms. The first kappa shape index (κ1) is 14.8. The molecule has 6 heteroatoms. The number of carbonyl (C=O) groups is 2. The number of carboxylic acids is 1. The molecule has 0 aromatic heterocycles. The fraction of sp³-hybridized carbons (Fsp3) is 0.429. The van der Waals surface area contributed by atoms with Gasteiger partial charge < -0.3 is 16.2 Å². The average molecular weight is 341 g/mol. The van der Waals surface area contributed by atoms with Crippen molar-refractivity contribution in [1.29, 1.82) is 0 Å². The Morgan fingerprint density at radius 1 is 1.35 bits per heavy atom. The summed E-state index contributed by atoms with van der Waals surface area (Å²) in [5.41, 5.74) is 6.07. The molecule has 1 fully saturated rings. The molecule has 0 aliphatic heterocycles. The van der Waals surface area contributed by atoms with Gasteiger partial charge in [-0.2, -0.15) is 0 Å². The van der Waals surface area contributed by atoms with Gasteiger partial charge in [-0.05, 0) is 47.0 Å².